The van der Waals surface area contributed by atoms with Gasteiger partial charge >= 0.3 is 5.97 Å². The van der Waals surface area contributed by atoms with Gasteiger partial charge in [0.15, 0.2) is 0 Å². The van der Waals surface area contributed by atoms with E-state index in [1.807, 2.05) is 45.9 Å². The topological polar surface area (TPSA) is 77.8 Å². The molecule has 1 amide bonds. The summed E-state index contributed by atoms with van der Waals surface area (Å²) in [7, 11) is 0. The molecule has 0 aliphatic heterocycles. The van der Waals surface area contributed by atoms with Crippen molar-refractivity contribution in [2.45, 2.75) is 54.6 Å². The van der Waals surface area contributed by atoms with Crippen LogP contribution in [0.4, 0.5) is 5.69 Å². The van der Waals surface area contributed by atoms with E-state index in [-0.39, 0.29) is 18.3 Å². The number of amides is 1. The van der Waals surface area contributed by atoms with Crippen molar-refractivity contribution in [2.24, 2.45) is 0 Å². The molecule has 166 valence electrons. The van der Waals surface area contributed by atoms with Crippen LogP contribution in [0.15, 0.2) is 40.8 Å². The molecule has 0 aliphatic carbocycles. The second-order valence-electron chi connectivity index (χ2n) is 6.96. The summed E-state index contributed by atoms with van der Waals surface area (Å²) < 4.78 is 16.8. The number of rotatable bonds is 7. The van der Waals surface area contributed by atoms with Crippen molar-refractivity contribution in [2.75, 3.05) is 11.9 Å². The summed E-state index contributed by atoms with van der Waals surface area (Å²) in [5, 5.41) is 3.77. The smallest absolute Gasteiger partial charge is 0.310 e. The van der Waals surface area contributed by atoms with Crippen molar-refractivity contribution in [1.29, 1.82) is 0 Å². The van der Waals surface area contributed by atoms with Crippen molar-refractivity contribution in [3.05, 3.63) is 58.8 Å². The van der Waals surface area contributed by atoms with Crippen LogP contribution >= 0.6 is 0 Å². The van der Waals surface area contributed by atoms with E-state index in [0.717, 1.165) is 27.9 Å². The van der Waals surface area contributed by atoms with Gasteiger partial charge in [0.25, 0.3) is 0 Å². The summed E-state index contributed by atoms with van der Waals surface area (Å²) in [6.45, 7) is 11.8. The van der Waals surface area contributed by atoms with Crippen LogP contribution in [0, 0.1) is 13.8 Å². The highest BCUT2D eigenvalue weighted by atomic mass is 16.5. The third kappa shape index (κ3) is 6.60. The molecule has 6 nitrogen and oxygen atoms in total. The number of furan rings is 1. The number of benzene rings is 2. The normalized spacial score (nSPS) is 10.3. The lowest BCUT2D eigenvalue weighted by molar-refractivity contribution is -0.142. The third-order valence-electron chi connectivity index (χ3n) is 4.41. The first-order valence-electron chi connectivity index (χ1n) is 10.5. The Bertz CT molecular complexity index is 1050. The Balaban J connectivity index is 0.00000166. The van der Waals surface area contributed by atoms with Crippen molar-refractivity contribution >= 4 is 28.5 Å². The summed E-state index contributed by atoms with van der Waals surface area (Å²) in [6, 6.07) is 11.3. The number of aryl methyl sites for hydroxylation is 2. The number of anilines is 1. The van der Waals surface area contributed by atoms with Gasteiger partial charge in [-0.25, -0.2) is 0 Å². The minimum Gasteiger partial charge on any atom is -0.489 e. The van der Waals surface area contributed by atoms with Gasteiger partial charge in [0.2, 0.25) is 5.91 Å². The van der Waals surface area contributed by atoms with Crippen LogP contribution in [0.1, 0.15) is 50.1 Å². The number of hydrogen-bond donors (Lipinski definition) is 1. The van der Waals surface area contributed by atoms with Gasteiger partial charge in [0.1, 0.15) is 23.7 Å². The number of hydrogen-bond acceptors (Lipinski definition) is 5. The second kappa shape index (κ2) is 11.2. The molecule has 3 rings (SSSR count). The summed E-state index contributed by atoms with van der Waals surface area (Å²) in [5.74, 6) is 0.896. The van der Waals surface area contributed by atoms with E-state index >= 15 is 0 Å². The number of esters is 1. The molecule has 0 radical (unpaired) electrons. The fourth-order valence-electron chi connectivity index (χ4n) is 3.26. The molecule has 3 aromatic rings. The van der Waals surface area contributed by atoms with Crippen LogP contribution in [0.25, 0.3) is 11.0 Å². The third-order valence-corrected chi connectivity index (χ3v) is 4.41. The Morgan fingerprint density at radius 3 is 2.48 bits per heavy atom. The molecule has 1 aromatic heterocycles. The standard InChI is InChI=1S/C23H25NO5.C2H6/c1-5-27-22(26)11-18-6-7-20(24-16(4)25)12-21(18)28-13-17-8-14(2)23-19(10-17)9-15(3)29-23;1-2/h6-10,12H,5,11,13H2,1-4H3,(H,24,25);1-2H3. The van der Waals surface area contributed by atoms with E-state index < -0.39 is 0 Å². The van der Waals surface area contributed by atoms with Gasteiger partial charge in [-0.1, -0.05) is 19.9 Å². The van der Waals surface area contributed by atoms with Gasteiger partial charge in [-0.15, -0.1) is 0 Å². The van der Waals surface area contributed by atoms with E-state index in [1.54, 1.807) is 25.1 Å². The predicted octanol–water partition coefficient (Wildman–Crippen LogP) is 5.72. The minimum atomic E-state index is -0.323. The minimum absolute atomic E-state index is 0.0997. The molecule has 0 spiro atoms. The highest BCUT2D eigenvalue weighted by Gasteiger charge is 2.13. The Labute approximate surface area is 183 Å². The van der Waals surface area contributed by atoms with Crippen molar-refractivity contribution in [3.63, 3.8) is 0 Å². The van der Waals surface area contributed by atoms with Crippen LogP contribution in [0.3, 0.4) is 0 Å². The summed E-state index contributed by atoms with van der Waals surface area (Å²) >= 11 is 0. The largest absolute Gasteiger partial charge is 0.489 e. The Hall–Kier alpha value is -3.28. The molecule has 0 bridgehead atoms. The van der Waals surface area contributed by atoms with Crippen LogP contribution in [0.5, 0.6) is 5.75 Å². The molecule has 1 N–H and O–H groups in total. The van der Waals surface area contributed by atoms with Crippen molar-refractivity contribution in [1.82, 2.24) is 0 Å². The van der Waals surface area contributed by atoms with Crippen LogP contribution < -0.4 is 10.1 Å². The second-order valence-corrected chi connectivity index (χ2v) is 6.96. The first-order chi connectivity index (χ1) is 14.9. The van der Waals surface area contributed by atoms with Crippen molar-refractivity contribution in [3.8, 4) is 5.75 Å². The molecule has 0 unspecified atom stereocenters. The van der Waals surface area contributed by atoms with Crippen molar-refractivity contribution < 1.29 is 23.5 Å². The highest BCUT2D eigenvalue weighted by Crippen LogP contribution is 2.28. The molecule has 0 fully saturated rings. The molecule has 31 heavy (non-hydrogen) atoms. The highest BCUT2D eigenvalue weighted by molar-refractivity contribution is 5.89. The first-order valence-corrected chi connectivity index (χ1v) is 10.5. The quantitative estimate of drug-likeness (QED) is 0.490. The fourth-order valence-corrected chi connectivity index (χ4v) is 3.26. The lowest BCUT2D eigenvalue weighted by Gasteiger charge is -2.14. The maximum absolute atomic E-state index is 11.9. The average molecular weight is 426 g/mol. The molecule has 0 aliphatic rings. The lowest BCUT2D eigenvalue weighted by Crippen LogP contribution is -2.10. The molecule has 6 heteroatoms. The zero-order valence-electron chi connectivity index (χ0n) is 19.1. The van der Waals surface area contributed by atoms with Crippen LogP contribution in [-0.2, 0) is 27.4 Å². The van der Waals surface area contributed by atoms with Gasteiger partial charge in [-0.05, 0) is 56.2 Å². The van der Waals surface area contributed by atoms with E-state index in [0.29, 0.717) is 30.2 Å². The summed E-state index contributed by atoms with van der Waals surface area (Å²) in [4.78, 5) is 23.3. The Morgan fingerprint density at radius 2 is 1.81 bits per heavy atom. The molecular weight excluding hydrogens is 394 g/mol. The molecule has 0 saturated heterocycles. The monoisotopic (exact) mass is 425 g/mol. The summed E-state index contributed by atoms with van der Waals surface area (Å²) in [5.41, 5.74) is 4.21. The van der Waals surface area contributed by atoms with E-state index in [2.05, 4.69) is 5.32 Å². The van der Waals surface area contributed by atoms with Crippen LogP contribution in [0.2, 0.25) is 0 Å². The number of fused-ring (bicyclic) bond motifs is 1. The Morgan fingerprint density at radius 1 is 1.06 bits per heavy atom. The SMILES string of the molecule is CC.CCOC(=O)Cc1ccc(NC(C)=O)cc1OCc1cc(C)c2oc(C)cc2c1. The van der Waals surface area contributed by atoms with Gasteiger partial charge < -0.3 is 19.2 Å². The van der Waals surface area contributed by atoms with Gasteiger partial charge in [-0.3, -0.25) is 9.59 Å². The van der Waals surface area contributed by atoms with Gasteiger partial charge in [0, 0.05) is 29.6 Å². The average Bonchev–Trinajstić information content (AvgIpc) is 3.10. The number of carbonyl (C=O) groups excluding carboxylic acids is 2. The maximum Gasteiger partial charge on any atom is 0.310 e. The van der Waals surface area contributed by atoms with Gasteiger partial charge in [0.05, 0.1) is 13.0 Å². The van der Waals surface area contributed by atoms with Gasteiger partial charge in [-0.2, -0.15) is 0 Å². The summed E-state index contributed by atoms with van der Waals surface area (Å²) in [6.07, 6.45) is 0.0997. The molecule has 2 aromatic carbocycles. The molecule has 1 heterocycles. The Kier molecular flexibility index (Phi) is 8.67. The number of carbonyl (C=O) groups is 2. The first kappa shape index (κ1) is 24.0. The zero-order valence-corrected chi connectivity index (χ0v) is 19.1. The van der Waals surface area contributed by atoms with E-state index in [9.17, 15) is 9.59 Å². The van der Waals surface area contributed by atoms with E-state index in [1.165, 1.54) is 6.92 Å². The predicted molar refractivity (Wildman–Crippen MR) is 122 cm³/mol. The van der Waals surface area contributed by atoms with Crippen LogP contribution in [-0.4, -0.2) is 18.5 Å². The zero-order chi connectivity index (χ0) is 23.0. The lowest BCUT2D eigenvalue weighted by atomic mass is 10.1. The molecule has 0 atom stereocenters. The number of ether oxygens (including phenoxy) is 2. The molecule has 0 saturated carbocycles. The fraction of sp³-hybridized carbons (Fsp3) is 0.360. The van der Waals surface area contributed by atoms with E-state index in [4.69, 9.17) is 13.9 Å². The maximum atomic E-state index is 11.9. The molecular formula is C25H31NO5. The number of nitrogens with one attached hydrogen (secondary N) is 1.